The van der Waals surface area contributed by atoms with Gasteiger partial charge >= 0.3 is 5.97 Å². The predicted molar refractivity (Wildman–Crippen MR) is 97.1 cm³/mol. The number of hydrogen-bond acceptors (Lipinski definition) is 3. The lowest BCUT2D eigenvalue weighted by atomic mass is 10.0. The topological polar surface area (TPSA) is 35.5 Å². The Bertz CT molecular complexity index is 803. The van der Waals surface area contributed by atoms with Gasteiger partial charge in [0.2, 0.25) is 0 Å². The smallest absolute Gasteiger partial charge is 0.351 e. The van der Waals surface area contributed by atoms with Gasteiger partial charge in [0.05, 0.1) is 7.11 Å². The summed E-state index contributed by atoms with van der Waals surface area (Å²) in [5.74, 6) is 0.891. The van der Waals surface area contributed by atoms with Gasteiger partial charge in [-0.3, -0.25) is 0 Å². The molecule has 1 aliphatic heterocycles. The standard InChI is InChI=1S/C18H12Br2O3/c1-22-14-8-4-12(5-9-14)16-15(23-18(21)17(16)20)10-11-2-6-13(19)7-3-11/h2-10H,1H3/b15-10-. The van der Waals surface area contributed by atoms with E-state index in [-0.39, 0.29) is 5.97 Å². The summed E-state index contributed by atoms with van der Waals surface area (Å²) >= 11 is 6.74. The van der Waals surface area contributed by atoms with Crippen molar-refractivity contribution >= 4 is 49.5 Å². The first-order chi connectivity index (χ1) is 11.1. The number of allylic oxidation sites excluding steroid dienone is 1. The molecule has 2 aromatic carbocycles. The third-order valence-electron chi connectivity index (χ3n) is 3.39. The van der Waals surface area contributed by atoms with Crippen molar-refractivity contribution in [1.29, 1.82) is 0 Å². The number of carbonyl (C=O) groups excluding carboxylic acids is 1. The molecule has 0 radical (unpaired) electrons. The van der Waals surface area contributed by atoms with Crippen LogP contribution in [0.15, 0.2) is 63.2 Å². The molecule has 0 saturated heterocycles. The summed E-state index contributed by atoms with van der Waals surface area (Å²) < 4.78 is 12.0. The minimum Gasteiger partial charge on any atom is -0.497 e. The lowest BCUT2D eigenvalue weighted by Crippen LogP contribution is -1.93. The van der Waals surface area contributed by atoms with E-state index < -0.39 is 0 Å². The van der Waals surface area contributed by atoms with Gasteiger partial charge in [0.1, 0.15) is 16.0 Å². The number of halogens is 2. The monoisotopic (exact) mass is 434 g/mol. The second-order valence-corrected chi connectivity index (χ2v) is 6.58. The van der Waals surface area contributed by atoms with Crippen LogP contribution in [0.25, 0.3) is 11.6 Å². The van der Waals surface area contributed by atoms with Crippen LogP contribution < -0.4 is 4.74 Å². The molecule has 23 heavy (non-hydrogen) atoms. The van der Waals surface area contributed by atoms with Crippen LogP contribution >= 0.6 is 31.9 Å². The molecule has 0 atom stereocenters. The minimum atomic E-state index is -0.390. The lowest BCUT2D eigenvalue weighted by molar-refractivity contribution is -0.132. The van der Waals surface area contributed by atoms with Crippen LogP contribution in [0.1, 0.15) is 11.1 Å². The number of benzene rings is 2. The highest BCUT2D eigenvalue weighted by Crippen LogP contribution is 2.38. The fraction of sp³-hybridized carbons (Fsp3) is 0.0556. The van der Waals surface area contributed by atoms with E-state index in [0.29, 0.717) is 10.2 Å². The molecule has 0 saturated carbocycles. The molecule has 1 aliphatic rings. The quantitative estimate of drug-likeness (QED) is 0.624. The van der Waals surface area contributed by atoms with Gasteiger partial charge in [-0.15, -0.1) is 0 Å². The van der Waals surface area contributed by atoms with Gasteiger partial charge < -0.3 is 9.47 Å². The summed E-state index contributed by atoms with van der Waals surface area (Å²) in [6, 6.07) is 15.3. The molecule has 0 fully saturated rings. The second kappa shape index (κ2) is 6.72. The molecule has 0 amide bonds. The van der Waals surface area contributed by atoms with Gasteiger partial charge in [-0.1, -0.05) is 40.2 Å². The summed E-state index contributed by atoms with van der Waals surface area (Å²) in [4.78, 5) is 11.9. The Morgan fingerprint density at radius 3 is 2.26 bits per heavy atom. The van der Waals surface area contributed by atoms with Crippen LogP contribution in [-0.4, -0.2) is 13.1 Å². The molecule has 0 aliphatic carbocycles. The normalized spacial score (nSPS) is 16.0. The molecule has 116 valence electrons. The number of hydrogen-bond donors (Lipinski definition) is 0. The lowest BCUT2D eigenvalue weighted by Gasteiger charge is -2.06. The third-order valence-corrected chi connectivity index (χ3v) is 4.64. The van der Waals surface area contributed by atoms with Gasteiger partial charge in [0.15, 0.2) is 0 Å². The zero-order valence-corrected chi connectivity index (χ0v) is 15.3. The van der Waals surface area contributed by atoms with Crippen molar-refractivity contribution in [2.45, 2.75) is 0 Å². The van der Waals surface area contributed by atoms with E-state index >= 15 is 0 Å². The fourth-order valence-electron chi connectivity index (χ4n) is 2.24. The zero-order valence-electron chi connectivity index (χ0n) is 12.2. The zero-order chi connectivity index (χ0) is 16.4. The molecular weight excluding hydrogens is 424 g/mol. The van der Waals surface area contributed by atoms with Crippen molar-refractivity contribution in [2.24, 2.45) is 0 Å². The minimum absolute atomic E-state index is 0.390. The van der Waals surface area contributed by atoms with Crippen molar-refractivity contribution < 1.29 is 14.3 Å². The highest BCUT2D eigenvalue weighted by Gasteiger charge is 2.29. The molecule has 0 bridgehead atoms. The Kier molecular flexibility index (Phi) is 4.68. The van der Waals surface area contributed by atoms with E-state index in [2.05, 4.69) is 31.9 Å². The van der Waals surface area contributed by atoms with Gasteiger partial charge in [-0.2, -0.15) is 0 Å². The molecule has 0 aromatic heterocycles. The first-order valence-corrected chi connectivity index (χ1v) is 8.41. The van der Waals surface area contributed by atoms with Crippen molar-refractivity contribution in [1.82, 2.24) is 0 Å². The molecular formula is C18H12Br2O3. The first kappa shape index (κ1) is 16.0. The van der Waals surface area contributed by atoms with Gasteiger partial charge in [-0.25, -0.2) is 4.79 Å². The maximum atomic E-state index is 11.9. The average molecular weight is 436 g/mol. The summed E-state index contributed by atoms with van der Waals surface area (Å²) in [6.45, 7) is 0. The van der Waals surface area contributed by atoms with E-state index in [9.17, 15) is 4.79 Å². The first-order valence-electron chi connectivity index (χ1n) is 6.82. The van der Waals surface area contributed by atoms with Crippen LogP contribution in [-0.2, 0) is 9.53 Å². The number of methoxy groups -OCH3 is 1. The molecule has 3 rings (SSSR count). The van der Waals surface area contributed by atoms with Gasteiger partial charge in [0, 0.05) is 10.0 Å². The predicted octanol–water partition coefficient (Wildman–Crippen LogP) is 5.16. The van der Waals surface area contributed by atoms with Gasteiger partial charge in [-0.05, 0) is 57.4 Å². The number of rotatable bonds is 3. The fourth-order valence-corrected chi connectivity index (χ4v) is 3.01. The van der Waals surface area contributed by atoms with E-state index in [0.717, 1.165) is 26.9 Å². The number of carbonyl (C=O) groups is 1. The SMILES string of the molecule is COc1ccc(C2=C(Br)C(=O)O/C2=C\c2ccc(Br)cc2)cc1. The average Bonchev–Trinajstić information content (AvgIpc) is 2.84. The highest BCUT2D eigenvalue weighted by molar-refractivity contribution is 9.12. The Balaban J connectivity index is 2.03. The van der Waals surface area contributed by atoms with Gasteiger partial charge in [0.25, 0.3) is 0 Å². The van der Waals surface area contributed by atoms with Crippen molar-refractivity contribution in [3.8, 4) is 5.75 Å². The number of cyclic esters (lactones) is 1. The Morgan fingerprint density at radius 2 is 1.65 bits per heavy atom. The molecule has 0 N–H and O–H groups in total. The summed E-state index contributed by atoms with van der Waals surface area (Å²) in [6.07, 6.45) is 1.85. The number of ether oxygens (including phenoxy) is 2. The van der Waals surface area contributed by atoms with Crippen LogP contribution in [0.5, 0.6) is 5.75 Å². The number of esters is 1. The van der Waals surface area contributed by atoms with Crippen molar-refractivity contribution in [2.75, 3.05) is 7.11 Å². The van der Waals surface area contributed by atoms with Crippen LogP contribution in [0.3, 0.4) is 0 Å². The summed E-state index contributed by atoms with van der Waals surface area (Å²) in [7, 11) is 1.62. The van der Waals surface area contributed by atoms with Crippen LogP contribution in [0, 0.1) is 0 Å². The maximum Gasteiger partial charge on any atom is 0.351 e. The van der Waals surface area contributed by atoms with E-state index in [1.54, 1.807) is 7.11 Å². The molecule has 1 heterocycles. The third kappa shape index (κ3) is 3.41. The molecule has 2 aromatic rings. The van der Waals surface area contributed by atoms with E-state index in [1.165, 1.54) is 0 Å². The van der Waals surface area contributed by atoms with Crippen molar-refractivity contribution in [3.63, 3.8) is 0 Å². The molecule has 0 unspecified atom stereocenters. The van der Waals surface area contributed by atoms with E-state index in [4.69, 9.17) is 9.47 Å². The highest BCUT2D eigenvalue weighted by atomic mass is 79.9. The van der Waals surface area contributed by atoms with Crippen LogP contribution in [0.2, 0.25) is 0 Å². The van der Waals surface area contributed by atoms with E-state index in [1.807, 2.05) is 54.6 Å². The Hall–Kier alpha value is -1.85. The molecule has 0 spiro atoms. The molecule has 3 nitrogen and oxygen atoms in total. The summed E-state index contributed by atoms with van der Waals surface area (Å²) in [5.41, 5.74) is 2.57. The van der Waals surface area contributed by atoms with Crippen LogP contribution in [0.4, 0.5) is 0 Å². The maximum absolute atomic E-state index is 11.9. The van der Waals surface area contributed by atoms with Crippen molar-refractivity contribution in [3.05, 3.63) is 74.4 Å². The Morgan fingerprint density at radius 1 is 1.00 bits per heavy atom. The molecule has 5 heteroatoms. The largest absolute Gasteiger partial charge is 0.497 e. The second-order valence-electron chi connectivity index (χ2n) is 4.87. The Labute approximate surface area is 150 Å². The summed E-state index contributed by atoms with van der Waals surface area (Å²) in [5, 5.41) is 0.